The minimum Gasteiger partial charge on any atom is -0.496 e. The number of methoxy groups -OCH3 is 1. The molecule has 134 valence electrons. The Morgan fingerprint density at radius 1 is 1.19 bits per heavy atom. The summed E-state index contributed by atoms with van der Waals surface area (Å²) in [4.78, 5) is 15.1. The van der Waals surface area contributed by atoms with Gasteiger partial charge in [0.25, 0.3) is 5.91 Å². The molecule has 0 aromatic heterocycles. The Hall–Kier alpha value is -2.11. The van der Waals surface area contributed by atoms with E-state index < -0.39 is 0 Å². The van der Waals surface area contributed by atoms with E-state index in [-0.39, 0.29) is 5.91 Å². The number of nitrogens with zero attached hydrogens (tertiary/aromatic N) is 1. The van der Waals surface area contributed by atoms with Gasteiger partial charge in [-0.2, -0.15) is 0 Å². The molecule has 0 spiro atoms. The first-order valence-electron chi connectivity index (χ1n) is 8.44. The Balaban J connectivity index is 2.00. The maximum atomic E-state index is 12.9. The number of hydrogen-bond donors (Lipinski definition) is 0. The van der Waals surface area contributed by atoms with Crippen LogP contribution in [0.5, 0.6) is 5.75 Å². The molecular formula is C21H21NO2S2. The van der Waals surface area contributed by atoms with Gasteiger partial charge >= 0.3 is 0 Å². The molecule has 0 N–H and O–H groups in total. The molecular weight excluding hydrogens is 362 g/mol. The van der Waals surface area contributed by atoms with Crippen molar-refractivity contribution in [2.24, 2.45) is 0 Å². The highest BCUT2D eigenvalue weighted by molar-refractivity contribution is 8.27. The van der Waals surface area contributed by atoms with Crippen LogP contribution in [0.3, 0.4) is 0 Å². The number of carbonyl (C=O) groups excluding carboxylic acids is 1. The van der Waals surface area contributed by atoms with Crippen molar-refractivity contribution in [3.8, 4) is 5.75 Å². The van der Waals surface area contributed by atoms with Gasteiger partial charge in [-0.15, -0.1) is 0 Å². The van der Waals surface area contributed by atoms with Crippen molar-refractivity contribution in [1.82, 2.24) is 0 Å². The van der Waals surface area contributed by atoms with Crippen LogP contribution in [0.4, 0.5) is 5.69 Å². The molecule has 26 heavy (non-hydrogen) atoms. The Labute approximate surface area is 164 Å². The number of thioether (sulfide) groups is 1. The molecule has 1 heterocycles. The van der Waals surface area contributed by atoms with E-state index in [0.717, 1.165) is 28.1 Å². The molecule has 0 bridgehead atoms. The Kier molecular flexibility index (Phi) is 5.49. The lowest BCUT2D eigenvalue weighted by molar-refractivity contribution is -0.113. The van der Waals surface area contributed by atoms with Gasteiger partial charge in [-0.05, 0) is 59.9 Å². The normalized spacial score (nSPS) is 16.0. The van der Waals surface area contributed by atoms with Gasteiger partial charge < -0.3 is 4.74 Å². The fourth-order valence-electron chi connectivity index (χ4n) is 2.91. The number of para-hydroxylation sites is 1. The van der Waals surface area contributed by atoms with E-state index in [1.807, 2.05) is 49.4 Å². The van der Waals surface area contributed by atoms with Crippen LogP contribution in [0, 0.1) is 6.92 Å². The number of hydrogen-bond acceptors (Lipinski definition) is 4. The Morgan fingerprint density at radius 2 is 1.88 bits per heavy atom. The number of anilines is 1. The number of benzene rings is 2. The van der Waals surface area contributed by atoms with Crippen molar-refractivity contribution >= 4 is 46.0 Å². The summed E-state index contributed by atoms with van der Waals surface area (Å²) in [5.41, 5.74) is 4.01. The molecule has 1 aliphatic heterocycles. The van der Waals surface area contributed by atoms with Crippen LogP contribution in [-0.2, 0) is 4.79 Å². The Morgan fingerprint density at radius 3 is 2.50 bits per heavy atom. The molecule has 2 aromatic rings. The van der Waals surface area contributed by atoms with Gasteiger partial charge in [-0.1, -0.05) is 56.0 Å². The van der Waals surface area contributed by atoms with Gasteiger partial charge in [0.2, 0.25) is 0 Å². The second-order valence-electron chi connectivity index (χ2n) is 6.46. The smallest absolute Gasteiger partial charge is 0.270 e. The van der Waals surface area contributed by atoms with Crippen LogP contribution in [0.1, 0.15) is 36.5 Å². The van der Waals surface area contributed by atoms with E-state index >= 15 is 0 Å². The molecule has 3 nitrogen and oxygen atoms in total. The largest absolute Gasteiger partial charge is 0.496 e. The first kappa shape index (κ1) is 18.7. The van der Waals surface area contributed by atoms with Crippen LogP contribution in [-0.4, -0.2) is 17.3 Å². The van der Waals surface area contributed by atoms with Crippen LogP contribution in [0.2, 0.25) is 0 Å². The molecule has 0 aliphatic carbocycles. The molecule has 1 aliphatic rings. The van der Waals surface area contributed by atoms with Crippen LogP contribution >= 0.6 is 24.0 Å². The maximum Gasteiger partial charge on any atom is 0.270 e. The molecule has 1 saturated heterocycles. The van der Waals surface area contributed by atoms with Gasteiger partial charge in [0, 0.05) is 0 Å². The minimum absolute atomic E-state index is 0.0764. The van der Waals surface area contributed by atoms with Crippen molar-refractivity contribution in [2.75, 3.05) is 12.0 Å². The van der Waals surface area contributed by atoms with E-state index in [2.05, 4.69) is 19.9 Å². The van der Waals surface area contributed by atoms with Crippen molar-refractivity contribution in [3.63, 3.8) is 0 Å². The third kappa shape index (κ3) is 3.55. The number of ether oxygens (including phenoxy) is 1. The van der Waals surface area contributed by atoms with Crippen molar-refractivity contribution in [1.29, 1.82) is 0 Å². The fraction of sp³-hybridized carbons (Fsp3) is 0.238. The molecule has 0 radical (unpaired) electrons. The molecule has 0 unspecified atom stereocenters. The molecule has 1 amide bonds. The number of thiocarbonyl (C=S) groups is 1. The molecule has 3 rings (SSSR count). The second-order valence-corrected chi connectivity index (χ2v) is 8.13. The minimum atomic E-state index is -0.0764. The fourth-order valence-corrected chi connectivity index (χ4v) is 4.20. The third-order valence-electron chi connectivity index (χ3n) is 4.34. The van der Waals surface area contributed by atoms with Crippen molar-refractivity contribution in [3.05, 3.63) is 64.1 Å². The number of carbonyl (C=O) groups is 1. The van der Waals surface area contributed by atoms with E-state index in [9.17, 15) is 4.79 Å². The number of amides is 1. The van der Waals surface area contributed by atoms with Crippen molar-refractivity contribution in [2.45, 2.75) is 26.7 Å². The van der Waals surface area contributed by atoms with E-state index in [0.29, 0.717) is 15.1 Å². The molecule has 2 aromatic carbocycles. The zero-order valence-corrected chi connectivity index (χ0v) is 16.9. The predicted molar refractivity (Wildman–Crippen MR) is 114 cm³/mol. The van der Waals surface area contributed by atoms with Crippen LogP contribution < -0.4 is 9.64 Å². The lowest BCUT2D eigenvalue weighted by Gasteiger charge is -2.15. The van der Waals surface area contributed by atoms with Crippen LogP contribution in [0.25, 0.3) is 6.08 Å². The highest BCUT2D eigenvalue weighted by Crippen LogP contribution is 2.37. The van der Waals surface area contributed by atoms with Gasteiger partial charge in [0.15, 0.2) is 4.32 Å². The lowest BCUT2D eigenvalue weighted by Crippen LogP contribution is -2.27. The summed E-state index contributed by atoms with van der Waals surface area (Å²) < 4.78 is 6.06. The summed E-state index contributed by atoms with van der Waals surface area (Å²) in [6.45, 7) is 6.29. The highest BCUT2D eigenvalue weighted by Gasteiger charge is 2.33. The van der Waals surface area contributed by atoms with Gasteiger partial charge in [-0.3, -0.25) is 9.69 Å². The van der Waals surface area contributed by atoms with E-state index in [1.165, 1.54) is 11.8 Å². The second kappa shape index (κ2) is 7.64. The van der Waals surface area contributed by atoms with E-state index in [1.54, 1.807) is 12.0 Å². The first-order chi connectivity index (χ1) is 12.4. The molecule has 5 heteroatoms. The summed E-state index contributed by atoms with van der Waals surface area (Å²) in [6, 6.07) is 13.6. The average Bonchev–Trinajstić information content (AvgIpc) is 2.90. The quantitative estimate of drug-likeness (QED) is 0.513. The number of rotatable bonds is 4. The average molecular weight is 384 g/mol. The Bertz CT molecular complexity index is 888. The topological polar surface area (TPSA) is 29.5 Å². The molecule has 0 saturated carbocycles. The van der Waals surface area contributed by atoms with Gasteiger partial charge in [0.05, 0.1) is 17.7 Å². The third-order valence-corrected chi connectivity index (χ3v) is 5.64. The monoisotopic (exact) mass is 383 g/mol. The van der Waals surface area contributed by atoms with Crippen molar-refractivity contribution < 1.29 is 9.53 Å². The van der Waals surface area contributed by atoms with E-state index in [4.69, 9.17) is 17.0 Å². The lowest BCUT2D eigenvalue weighted by atomic mass is 9.96. The number of aryl methyl sites for hydroxylation is 1. The summed E-state index contributed by atoms with van der Waals surface area (Å²) in [5.74, 6) is 1.13. The SMILES string of the molecule is COc1cc(C)c(/C=C2/SC(=S)N(c3ccccc3)C2=O)cc1C(C)C. The summed E-state index contributed by atoms with van der Waals surface area (Å²) in [5, 5.41) is 0. The summed E-state index contributed by atoms with van der Waals surface area (Å²) >= 11 is 6.78. The summed E-state index contributed by atoms with van der Waals surface area (Å²) in [7, 11) is 1.69. The zero-order chi connectivity index (χ0) is 18.8. The molecule has 1 fully saturated rings. The summed E-state index contributed by atoms with van der Waals surface area (Å²) in [6.07, 6.45) is 1.93. The van der Waals surface area contributed by atoms with Gasteiger partial charge in [-0.25, -0.2) is 0 Å². The van der Waals surface area contributed by atoms with Gasteiger partial charge in [0.1, 0.15) is 5.75 Å². The molecule has 0 atom stereocenters. The predicted octanol–water partition coefficient (Wildman–Crippen LogP) is 5.53. The zero-order valence-electron chi connectivity index (χ0n) is 15.3. The van der Waals surface area contributed by atoms with Crippen LogP contribution in [0.15, 0.2) is 47.4 Å². The standard InChI is InChI=1S/C21H21NO2S2/c1-13(2)17-11-15(14(3)10-18(17)24-4)12-19-20(23)22(21(25)26-19)16-8-6-5-7-9-16/h5-13H,1-4H3/b19-12+. The maximum absolute atomic E-state index is 12.9. The highest BCUT2D eigenvalue weighted by atomic mass is 32.2. The first-order valence-corrected chi connectivity index (χ1v) is 9.66.